The molecule has 13 heavy (non-hydrogen) atoms. The molecule has 1 saturated heterocycles. The summed E-state index contributed by atoms with van der Waals surface area (Å²) in [4.78, 5) is 10.8. The quantitative estimate of drug-likeness (QED) is 0.677. The van der Waals surface area contributed by atoms with Gasteiger partial charge in [0.15, 0.2) is 0 Å². The second-order valence-electron chi connectivity index (χ2n) is 3.24. The van der Waals surface area contributed by atoms with Gasteiger partial charge in [0.05, 0.1) is 5.88 Å². The fraction of sp³-hybridized carbons (Fsp3) is 0.556. The van der Waals surface area contributed by atoms with E-state index in [1.807, 2.05) is 13.1 Å². The summed E-state index contributed by atoms with van der Waals surface area (Å²) < 4.78 is 0. The van der Waals surface area contributed by atoms with Crippen LogP contribution in [-0.4, -0.2) is 23.1 Å². The van der Waals surface area contributed by atoms with E-state index in [0.29, 0.717) is 5.88 Å². The van der Waals surface area contributed by atoms with Gasteiger partial charge in [0.25, 0.3) is 0 Å². The van der Waals surface area contributed by atoms with Crippen molar-refractivity contribution < 1.29 is 0 Å². The predicted octanol–water partition coefficient (Wildman–Crippen LogP) is 1.73. The lowest BCUT2D eigenvalue weighted by atomic mass is 10.2. The van der Waals surface area contributed by atoms with Crippen molar-refractivity contribution >= 4 is 17.4 Å². The third-order valence-electron chi connectivity index (χ3n) is 2.26. The Morgan fingerprint density at radius 1 is 1.54 bits per heavy atom. The summed E-state index contributed by atoms with van der Waals surface area (Å²) in [5.41, 5.74) is 1.03. The first kappa shape index (κ1) is 8.75. The molecule has 2 heterocycles. The van der Waals surface area contributed by atoms with Gasteiger partial charge in [-0.25, -0.2) is 9.97 Å². The predicted molar refractivity (Wildman–Crippen MR) is 53.2 cm³/mol. The fourth-order valence-corrected chi connectivity index (χ4v) is 1.57. The fourth-order valence-electron chi connectivity index (χ4n) is 1.38. The topological polar surface area (TPSA) is 29.0 Å². The first-order valence-corrected chi connectivity index (χ1v) is 4.98. The first-order valence-electron chi connectivity index (χ1n) is 4.44. The van der Waals surface area contributed by atoms with Crippen molar-refractivity contribution in [3.63, 3.8) is 0 Å². The summed E-state index contributed by atoms with van der Waals surface area (Å²) in [7, 11) is 0. The van der Waals surface area contributed by atoms with Crippen LogP contribution in [0.2, 0.25) is 0 Å². The molecule has 4 heteroatoms. The smallest absolute Gasteiger partial charge is 0.136 e. The van der Waals surface area contributed by atoms with E-state index in [1.165, 1.54) is 6.42 Å². The molecule has 1 aromatic rings. The van der Waals surface area contributed by atoms with Crippen LogP contribution in [0.3, 0.4) is 0 Å². The van der Waals surface area contributed by atoms with Gasteiger partial charge in [-0.05, 0) is 13.3 Å². The molecular weight excluding hydrogens is 186 g/mol. The minimum Gasteiger partial charge on any atom is -0.356 e. The normalized spacial score (nSPS) is 15.7. The Morgan fingerprint density at radius 2 is 2.31 bits per heavy atom. The van der Waals surface area contributed by atoms with Crippen LogP contribution in [0.4, 0.5) is 5.82 Å². The second kappa shape index (κ2) is 3.50. The van der Waals surface area contributed by atoms with Gasteiger partial charge in [-0.15, -0.1) is 11.6 Å². The third-order valence-corrected chi connectivity index (χ3v) is 2.55. The van der Waals surface area contributed by atoms with Crippen LogP contribution in [0.1, 0.15) is 17.8 Å². The minimum atomic E-state index is 0.492. The highest BCUT2D eigenvalue weighted by Gasteiger charge is 2.18. The van der Waals surface area contributed by atoms with E-state index in [-0.39, 0.29) is 0 Å². The highest BCUT2D eigenvalue weighted by molar-refractivity contribution is 6.17. The van der Waals surface area contributed by atoms with Crippen LogP contribution in [0.5, 0.6) is 0 Å². The monoisotopic (exact) mass is 197 g/mol. The van der Waals surface area contributed by atoms with Crippen molar-refractivity contribution in [3.05, 3.63) is 17.6 Å². The number of rotatable bonds is 2. The molecule has 3 nitrogen and oxygen atoms in total. The maximum Gasteiger partial charge on any atom is 0.136 e. The van der Waals surface area contributed by atoms with Gasteiger partial charge in [0, 0.05) is 24.8 Å². The van der Waals surface area contributed by atoms with Crippen LogP contribution in [-0.2, 0) is 5.88 Å². The molecular formula is C9H12ClN3. The van der Waals surface area contributed by atoms with Crippen molar-refractivity contribution in [3.8, 4) is 0 Å². The molecule has 0 bridgehead atoms. The van der Waals surface area contributed by atoms with Crippen LogP contribution >= 0.6 is 11.6 Å². The standard InChI is InChI=1S/C9H12ClN3/c1-7-11-6-8(5-10)9(12-7)13-3-2-4-13/h6H,2-5H2,1H3. The van der Waals surface area contributed by atoms with E-state index in [9.17, 15) is 0 Å². The number of hydrogen-bond acceptors (Lipinski definition) is 3. The molecule has 70 valence electrons. The molecule has 0 amide bonds. The van der Waals surface area contributed by atoms with Crippen molar-refractivity contribution in [2.24, 2.45) is 0 Å². The summed E-state index contributed by atoms with van der Waals surface area (Å²) in [5, 5.41) is 0. The summed E-state index contributed by atoms with van der Waals surface area (Å²) in [6.07, 6.45) is 3.08. The maximum absolute atomic E-state index is 5.80. The van der Waals surface area contributed by atoms with Crippen molar-refractivity contribution in [1.82, 2.24) is 9.97 Å². The molecule has 1 aromatic heterocycles. The summed E-state index contributed by atoms with van der Waals surface area (Å²) in [6, 6.07) is 0. The lowest BCUT2D eigenvalue weighted by Crippen LogP contribution is -2.38. The van der Waals surface area contributed by atoms with Crippen molar-refractivity contribution in [1.29, 1.82) is 0 Å². The Balaban J connectivity index is 2.33. The molecule has 1 aliphatic heterocycles. The highest BCUT2D eigenvalue weighted by atomic mass is 35.5. The highest BCUT2D eigenvalue weighted by Crippen LogP contribution is 2.23. The molecule has 0 aliphatic carbocycles. The minimum absolute atomic E-state index is 0.492. The Labute approximate surface area is 82.8 Å². The molecule has 0 radical (unpaired) electrons. The number of alkyl halides is 1. The van der Waals surface area contributed by atoms with Gasteiger partial charge in [0.2, 0.25) is 0 Å². The molecule has 0 saturated carbocycles. The van der Waals surface area contributed by atoms with Gasteiger partial charge < -0.3 is 4.90 Å². The maximum atomic E-state index is 5.80. The Hall–Kier alpha value is -0.830. The molecule has 0 aromatic carbocycles. The summed E-state index contributed by atoms with van der Waals surface area (Å²) >= 11 is 5.80. The number of nitrogens with zero attached hydrogens (tertiary/aromatic N) is 3. The number of halogens is 1. The van der Waals surface area contributed by atoms with E-state index in [2.05, 4.69) is 14.9 Å². The molecule has 0 unspecified atom stereocenters. The summed E-state index contributed by atoms with van der Waals surface area (Å²) in [5.74, 6) is 2.33. The molecule has 1 aliphatic rings. The van der Waals surface area contributed by atoms with Gasteiger partial charge >= 0.3 is 0 Å². The molecule has 0 spiro atoms. The van der Waals surface area contributed by atoms with Crippen LogP contribution in [0, 0.1) is 6.92 Å². The average Bonchev–Trinajstić information content (AvgIpc) is 2.02. The van der Waals surface area contributed by atoms with E-state index >= 15 is 0 Å². The molecule has 0 atom stereocenters. The van der Waals surface area contributed by atoms with E-state index in [4.69, 9.17) is 11.6 Å². The Morgan fingerprint density at radius 3 is 2.85 bits per heavy atom. The van der Waals surface area contributed by atoms with Crippen LogP contribution in [0.15, 0.2) is 6.20 Å². The molecule has 1 fully saturated rings. The largest absolute Gasteiger partial charge is 0.356 e. The average molecular weight is 198 g/mol. The first-order chi connectivity index (χ1) is 6.31. The van der Waals surface area contributed by atoms with Gasteiger partial charge in [0.1, 0.15) is 11.6 Å². The zero-order valence-corrected chi connectivity index (χ0v) is 8.38. The number of hydrogen-bond donors (Lipinski definition) is 0. The second-order valence-corrected chi connectivity index (χ2v) is 3.51. The summed E-state index contributed by atoms with van der Waals surface area (Å²) in [6.45, 7) is 4.10. The van der Waals surface area contributed by atoms with Crippen LogP contribution < -0.4 is 4.90 Å². The number of anilines is 1. The van der Waals surface area contributed by atoms with Crippen molar-refractivity contribution in [2.45, 2.75) is 19.2 Å². The number of aryl methyl sites for hydroxylation is 1. The molecule has 0 N–H and O–H groups in total. The van der Waals surface area contributed by atoms with Crippen molar-refractivity contribution in [2.75, 3.05) is 18.0 Å². The Bertz CT molecular complexity index is 310. The zero-order chi connectivity index (χ0) is 9.26. The lowest BCUT2D eigenvalue weighted by molar-refractivity contribution is 0.605. The van der Waals surface area contributed by atoms with E-state index < -0.39 is 0 Å². The Kier molecular flexibility index (Phi) is 2.36. The molecule has 2 rings (SSSR count). The SMILES string of the molecule is Cc1ncc(CCl)c(N2CCC2)n1. The zero-order valence-electron chi connectivity index (χ0n) is 7.63. The lowest BCUT2D eigenvalue weighted by Gasteiger charge is -2.33. The third kappa shape index (κ3) is 1.61. The van der Waals surface area contributed by atoms with Gasteiger partial charge in [-0.1, -0.05) is 0 Å². The van der Waals surface area contributed by atoms with E-state index in [1.54, 1.807) is 0 Å². The number of aromatic nitrogens is 2. The van der Waals surface area contributed by atoms with E-state index in [0.717, 1.165) is 30.3 Å². The van der Waals surface area contributed by atoms with Crippen LogP contribution in [0.25, 0.3) is 0 Å². The van der Waals surface area contributed by atoms with Gasteiger partial charge in [-0.3, -0.25) is 0 Å². The van der Waals surface area contributed by atoms with Gasteiger partial charge in [-0.2, -0.15) is 0 Å².